The number of fused-ring (bicyclic) bond motifs is 1. The Bertz CT molecular complexity index is 1300. The highest BCUT2D eigenvalue weighted by Gasteiger charge is 2.29. The maximum absolute atomic E-state index is 13.7. The Labute approximate surface area is 200 Å². The molecule has 0 fully saturated rings. The van der Waals surface area contributed by atoms with Gasteiger partial charge < -0.3 is 4.90 Å². The molecule has 5 heteroatoms. The van der Waals surface area contributed by atoms with Gasteiger partial charge in [0.15, 0.2) is 0 Å². The molecule has 1 atom stereocenters. The number of amides is 1. The third-order valence-electron chi connectivity index (χ3n) is 6.16. The van der Waals surface area contributed by atoms with Gasteiger partial charge in [-0.15, -0.1) is 0 Å². The quantitative estimate of drug-likeness (QED) is 0.285. The summed E-state index contributed by atoms with van der Waals surface area (Å²) in [6.07, 6.45) is 3.63. The molecule has 5 nitrogen and oxygen atoms in total. The van der Waals surface area contributed by atoms with Crippen molar-refractivity contribution in [2.75, 3.05) is 6.54 Å². The highest BCUT2D eigenvalue weighted by atomic mass is 16.2. The predicted molar refractivity (Wildman–Crippen MR) is 137 cm³/mol. The molecule has 3 aromatic carbocycles. The molecule has 0 aliphatic rings. The largest absolute Gasteiger partial charge is 0.328 e. The Morgan fingerprint density at radius 1 is 0.882 bits per heavy atom. The molecule has 1 amide bonds. The lowest BCUT2D eigenvalue weighted by molar-refractivity contribution is 0.0655. The molecule has 0 bridgehead atoms. The Hall–Kier alpha value is -3.73. The minimum absolute atomic E-state index is 0.0365. The number of carbonyl (C=O) groups excluding carboxylic acids is 1. The lowest BCUT2D eigenvalue weighted by atomic mass is 10.1. The zero-order chi connectivity index (χ0) is 23.9. The van der Waals surface area contributed by atoms with E-state index in [-0.39, 0.29) is 17.5 Å². The van der Waals surface area contributed by atoms with Crippen LogP contribution in [0.15, 0.2) is 89.7 Å². The normalized spacial score (nSPS) is 11.9. The van der Waals surface area contributed by atoms with Crippen molar-refractivity contribution < 1.29 is 4.79 Å². The van der Waals surface area contributed by atoms with E-state index < -0.39 is 0 Å². The van der Waals surface area contributed by atoms with Gasteiger partial charge in [-0.05, 0) is 49.2 Å². The number of rotatable bonds is 9. The summed E-state index contributed by atoms with van der Waals surface area (Å²) < 4.78 is 1.68. The maximum Gasteiger partial charge on any atom is 0.266 e. The summed E-state index contributed by atoms with van der Waals surface area (Å²) in [5.41, 5.74) is 1.92. The first-order valence-electron chi connectivity index (χ1n) is 12.1. The Morgan fingerprint density at radius 3 is 2.21 bits per heavy atom. The summed E-state index contributed by atoms with van der Waals surface area (Å²) in [6.45, 7) is 4.81. The summed E-state index contributed by atoms with van der Waals surface area (Å²) in [4.78, 5) is 34.3. The fraction of sp³-hybridized carbons (Fsp3) is 0.276. The van der Waals surface area contributed by atoms with E-state index in [1.165, 1.54) is 0 Å². The van der Waals surface area contributed by atoms with Crippen molar-refractivity contribution in [3.05, 3.63) is 107 Å². The van der Waals surface area contributed by atoms with E-state index in [9.17, 15) is 9.59 Å². The number of aromatic nitrogens is 2. The first-order valence-corrected chi connectivity index (χ1v) is 12.1. The molecule has 0 aliphatic carbocycles. The molecule has 34 heavy (non-hydrogen) atoms. The van der Waals surface area contributed by atoms with Crippen LogP contribution in [0.3, 0.4) is 0 Å². The van der Waals surface area contributed by atoms with Gasteiger partial charge in [-0.3, -0.25) is 14.2 Å². The summed E-state index contributed by atoms with van der Waals surface area (Å²) >= 11 is 0. The number of nitrogens with zero attached hydrogens (tertiary/aromatic N) is 3. The number of hydrogen-bond acceptors (Lipinski definition) is 3. The van der Waals surface area contributed by atoms with Crippen molar-refractivity contribution in [1.29, 1.82) is 0 Å². The fourth-order valence-electron chi connectivity index (χ4n) is 4.42. The van der Waals surface area contributed by atoms with Crippen molar-refractivity contribution in [3.8, 4) is 5.69 Å². The highest BCUT2D eigenvalue weighted by molar-refractivity contribution is 5.94. The van der Waals surface area contributed by atoms with Crippen LogP contribution in [-0.4, -0.2) is 26.9 Å². The van der Waals surface area contributed by atoms with E-state index in [0.717, 1.165) is 24.9 Å². The van der Waals surface area contributed by atoms with Crippen LogP contribution < -0.4 is 5.56 Å². The molecular weight excluding hydrogens is 422 g/mol. The molecule has 0 radical (unpaired) electrons. The molecule has 0 saturated heterocycles. The molecule has 0 N–H and O–H groups in total. The topological polar surface area (TPSA) is 55.2 Å². The van der Waals surface area contributed by atoms with Gasteiger partial charge in [0.1, 0.15) is 5.82 Å². The van der Waals surface area contributed by atoms with Gasteiger partial charge in [0.2, 0.25) is 0 Å². The van der Waals surface area contributed by atoms with Crippen molar-refractivity contribution in [2.24, 2.45) is 0 Å². The zero-order valence-corrected chi connectivity index (χ0v) is 19.9. The van der Waals surface area contributed by atoms with Gasteiger partial charge in [-0.1, -0.05) is 75.2 Å². The van der Waals surface area contributed by atoms with Crippen LogP contribution in [-0.2, 0) is 0 Å². The van der Waals surface area contributed by atoms with Gasteiger partial charge in [0.25, 0.3) is 11.5 Å². The summed E-state index contributed by atoms with van der Waals surface area (Å²) in [5, 5.41) is 0.567. The monoisotopic (exact) mass is 453 g/mol. The second kappa shape index (κ2) is 10.9. The van der Waals surface area contributed by atoms with Gasteiger partial charge >= 0.3 is 0 Å². The summed E-state index contributed by atoms with van der Waals surface area (Å²) in [5.74, 6) is 0.559. The first-order chi connectivity index (χ1) is 16.7. The minimum atomic E-state index is -0.345. The standard InChI is InChI=1S/C29H31N3O2/c1-3-5-14-21-31(28(33)22-15-8-6-9-16-22)26(4-2)27-30-25-20-13-12-19-24(25)29(34)32(27)23-17-10-7-11-18-23/h6-13,15-20,26H,3-5,14,21H2,1-2H3. The summed E-state index contributed by atoms with van der Waals surface area (Å²) in [7, 11) is 0. The average molecular weight is 454 g/mol. The lowest BCUT2D eigenvalue weighted by Crippen LogP contribution is -2.39. The molecule has 0 saturated carbocycles. The number of carbonyl (C=O) groups is 1. The average Bonchev–Trinajstić information content (AvgIpc) is 2.89. The number of hydrogen-bond donors (Lipinski definition) is 0. The van der Waals surface area contributed by atoms with Crippen LogP contribution in [0.5, 0.6) is 0 Å². The third-order valence-corrected chi connectivity index (χ3v) is 6.16. The zero-order valence-electron chi connectivity index (χ0n) is 19.9. The molecule has 1 unspecified atom stereocenters. The first kappa shape index (κ1) is 23.4. The van der Waals surface area contributed by atoms with Crippen molar-refractivity contribution in [1.82, 2.24) is 14.5 Å². The Balaban J connectivity index is 1.91. The minimum Gasteiger partial charge on any atom is -0.328 e. The maximum atomic E-state index is 13.7. The van der Waals surface area contributed by atoms with Crippen LogP contribution in [0.25, 0.3) is 16.6 Å². The molecule has 0 aliphatic heterocycles. The Morgan fingerprint density at radius 2 is 1.53 bits per heavy atom. The van der Waals surface area contributed by atoms with Crippen molar-refractivity contribution in [3.63, 3.8) is 0 Å². The van der Waals surface area contributed by atoms with E-state index in [1.807, 2.05) is 96.8 Å². The second-order valence-electron chi connectivity index (χ2n) is 8.46. The fourth-order valence-corrected chi connectivity index (χ4v) is 4.42. The van der Waals surface area contributed by atoms with E-state index in [0.29, 0.717) is 35.3 Å². The molecule has 1 aromatic heterocycles. The number of unbranched alkanes of at least 4 members (excludes halogenated alkanes) is 2. The van der Waals surface area contributed by atoms with Crippen LogP contribution in [0.2, 0.25) is 0 Å². The number of para-hydroxylation sites is 2. The van der Waals surface area contributed by atoms with E-state index in [2.05, 4.69) is 6.92 Å². The molecule has 4 rings (SSSR count). The second-order valence-corrected chi connectivity index (χ2v) is 8.46. The van der Waals surface area contributed by atoms with Crippen LogP contribution in [0.1, 0.15) is 61.8 Å². The van der Waals surface area contributed by atoms with Crippen LogP contribution in [0, 0.1) is 0 Å². The molecular formula is C29H31N3O2. The van der Waals surface area contributed by atoms with Gasteiger partial charge in [-0.25, -0.2) is 4.98 Å². The van der Waals surface area contributed by atoms with Crippen LogP contribution in [0.4, 0.5) is 0 Å². The van der Waals surface area contributed by atoms with Crippen molar-refractivity contribution in [2.45, 2.75) is 45.6 Å². The molecule has 4 aromatic rings. The smallest absolute Gasteiger partial charge is 0.266 e. The molecule has 174 valence electrons. The molecule has 0 spiro atoms. The highest BCUT2D eigenvalue weighted by Crippen LogP contribution is 2.28. The van der Waals surface area contributed by atoms with E-state index in [1.54, 1.807) is 4.57 Å². The predicted octanol–water partition coefficient (Wildman–Crippen LogP) is 6.17. The molecule has 1 heterocycles. The van der Waals surface area contributed by atoms with Crippen molar-refractivity contribution >= 4 is 16.8 Å². The van der Waals surface area contributed by atoms with Crippen LogP contribution >= 0.6 is 0 Å². The van der Waals surface area contributed by atoms with Gasteiger partial charge in [0.05, 0.1) is 22.6 Å². The van der Waals surface area contributed by atoms with Gasteiger partial charge in [-0.2, -0.15) is 0 Å². The SMILES string of the molecule is CCCCCN(C(=O)c1ccccc1)C(CC)c1nc2ccccc2c(=O)n1-c1ccccc1. The van der Waals surface area contributed by atoms with Gasteiger partial charge in [0, 0.05) is 12.1 Å². The number of benzene rings is 3. The van der Waals surface area contributed by atoms with E-state index >= 15 is 0 Å². The summed E-state index contributed by atoms with van der Waals surface area (Å²) in [6, 6.07) is 26.0. The van der Waals surface area contributed by atoms with E-state index in [4.69, 9.17) is 4.98 Å². The lowest BCUT2D eigenvalue weighted by Gasteiger charge is -2.32. The third kappa shape index (κ3) is 4.79. The Kier molecular flexibility index (Phi) is 7.53.